The Balaban J connectivity index is 1.49. The third kappa shape index (κ3) is 6.08. The number of hydrogen-bond acceptors (Lipinski definition) is 6. The molecular weight excluding hydrogens is 409 g/mol. The Kier molecular flexibility index (Phi) is 7.48. The molecule has 30 heavy (non-hydrogen) atoms. The molecule has 1 unspecified atom stereocenters. The van der Waals surface area contributed by atoms with Gasteiger partial charge in [0.15, 0.2) is 0 Å². The van der Waals surface area contributed by atoms with Crippen LogP contribution in [-0.4, -0.2) is 35.6 Å². The van der Waals surface area contributed by atoms with Gasteiger partial charge >= 0.3 is 0 Å². The van der Waals surface area contributed by atoms with E-state index in [4.69, 9.17) is 9.47 Å². The highest BCUT2D eigenvalue weighted by Crippen LogP contribution is 2.26. The fraction of sp³-hybridized carbons (Fsp3) is 0.273. The molecule has 2 aromatic rings. The molecular formula is C22H22FNO5S. The molecule has 1 fully saturated rings. The first-order valence-electron chi connectivity index (χ1n) is 9.51. The van der Waals surface area contributed by atoms with Crippen LogP contribution in [0.5, 0.6) is 11.5 Å². The second-order valence-corrected chi connectivity index (χ2v) is 7.71. The monoisotopic (exact) mass is 431 g/mol. The lowest BCUT2D eigenvalue weighted by molar-refractivity contribution is -0.115. The van der Waals surface area contributed by atoms with Crippen LogP contribution in [0, 0.1) is 5.82 Å². The molecule has 0 spiro atoms. The van der Waals surface area contributed by atoms with Gasteiger partial charge < -0.3 is 14.6 Å². The van der Waals surface area contributed by atoms with E-state index in [1.807, 2.05) is 6.92 Å². The molecule has 1 aliphatic heterocycles. The molecule has 0 radical (unpaired) electrons. The lowest BCUT2D eigenvalue weighted by Gasteiger charge is -2.16. The third-order valence-corrected chi connectivity index (χ3v) is 5.05. The van der Waals surface area contributed by atoms with Crippen molar-refractivity contribution in [2.75, 3.05) is 13.2 Å². The lowest BCUT2D eigenvalue weighted by atomic mass is 10.1. The molecule has 0 saturated carbocycles. The average molecular weight is 431 g/mol. The summed E-state index contributed by atoms with van der Waals surface area (Å²) in [5.41, 5.74) is 1.52. The number of rotatable bonds is 9. The van der Waals surface area contributed by atoms with Gasteiger partial charge in [-0.2, -0.15) is 0 Å². The number of thioether (sulfide) groups is 1. The van der Waals surface area contributed by atoms with Gasteiger partial charge in [0.1, 0.15) is 36.6 Å². The Morgan fingerprint density at radius 3 is 2.53 bits per heavy atom. The Hall–Kier alpha value is -2.84. The molecule has 0 aliphatic carbocycles. The smallest absolute Gasteiger partial charge is 0.290 e. The highest BCUT2D eigenvalue weighted by molar-refractivity contribution is 8.18. The number of carbonyl (C=O) groups is 2. The van der Waals surface area contributed by atoms with Crippen LogP contribution in [0.2, 0.25) is 0 Å². The minimum Gasteiger partial charge on any atom is -0.491 e. The van der Waals surface area contributed by atoms with Crippen LogP contribution >= 0.6 is 11.8 Å². The third-order valence-electron chi connectivity index (χ3n) is 4.24. The number of aryl methyl sites for hydroxylation is 1. The van der Waals surface area contributed by atoms with Crippen LogP contribution in [0.25, 0.3) is 6.08 Å². The van der Waals surface area contributed by atoms with Gasteiger partial charge in [0, 0.05) is 0 Å². The SMILES string of the molecule is CCCc1cc(F)ccc1OCC(O)COc1ccc(/C=C2\SC(=O)NC2=O)cc1. The van der Waals surface area contributed by atoms with E-state index < -0.39 is 12.0 Å². The number of nitrogens with one attached hydrogen (secondary N) is 1. The largest absolute Gasteiger partial charge is 0.491 e. The van der Waals surface area contributed by atoms with Crippen LogP contribution in [0.15, 0.2) is 47.4 Å². The summed E-state index contributed by atoms with van der Waals surface area (Å²) in [6.45, 7) is 2.05. The summed E-state index contributed by atoms with van der Waals surface area (Å²) in [6.07, 6.45) is 2.30. The Morgan fingerprint density at radius 2 is 1.87 bits per heavy atom. The maximum atomic E-state index is 13.4. The van der Waals surface area contributed by atoms with Gasteiger partial charge in [-0.3, -0.25) is 14.9 Å². The highest BCUT2D eigenvalue weighted by Gasteiger charge is 2.24. The summed E-state index contributed by atoms with van der Waals surface area (Å²) >= 11 is 0.858. The standard InChI is InChI=1S/C22H22FNO5S/c1-2-3-15-11-16(23)6-9-19(15)29-13-17(25)12-28-18-7-4-14(5-8-18)10-20-21(26)24-22(27)30-20/h4-11,17,25H,2-3,12-13H2,1H3,(H,24,26,27)/b20-10-. The van der Waals surface area contributed by atoms with Crippen LogP contribution in [-0.2, 0) is 11.2 Å². The number of benzene rings is 2. The van der Waals surface area contributed by atoms with Crippen LogP contribution in [0.3, 0.4) is 0 Å². The maximum absolute atomic E-state index is 13.4. The second-order valence-electron chi connectivity index (χ2n) is 6.70. The summed E-state index contributed by atoms with van der Waals surface area (Å²) < 4.78 is 24.6. The summed E-state index contributed by atoms with van der Waals surface area (Å²) in [5, 5.41) is 12.0. The van der Waals surface area contributed by atoms with E-state index in [1.54, 1.807) is 36.4 Å². The van der Waals surface area contributed by atoms with Crippen molar-refractivity contribution in [1.82, 2.24) is 5.32 Å². The van der Waals surface area contributed by atoms with E-state index >= 15 is 0 Å². The molecule has 1 heterocycles. The normalized spacial score (nSPS) is 15.9. The molecule has 2 amide bonds. The zero-order chi connectivity index (χ0) is 21.5. The average Bonchev–Trinajstić information content (AvgIpc) is 3.03. The van der Waals surface area contributed by atoms with E-state index in [9.17, 15) is 19.1 Å². The molecule has 158 valence electrons. The van der Waals surface area contributed by atoms with E-state index in [2.05, 4.69) is 5.32 Å². The highest BCUT2D eigenvalue weighted by atomic mass is 32.2. The molecule has 6 nitrogen and oxygen atoms in total. The molecule has 2 aromatic carbocycles. The van der Waals surface area contributed by atoms with Crippen molar-refractivity contribution in [1.29, 1.82) is 0 Å². The van der Waals surface area contributed by atoms with Gasteiger partial charge in [-0.15, -0.1) is 0 Å². The van der Waals surface area contributed by atoms with Crippen molar-refractivity contribution in [3.8, 4) is 11.5 Å². The van der Waals surface area contributed by atoms with E-state index in [-0.39, 0.29) is 24.3 Å². The van der Waals surface area contributed by atoms with Gasteiger partial charge in [-0.1, -0.05) is 25.5 Å². The van der Waals surface area contributed by atoms with Crippen molar-refractivity contribution in [3.63, 3.8) is 0 Å². The number of amides is 2. The maximum Gasteiger partial charge on any atom is 0.290 e. The second kappa shape index (κ2) is 10.3. The number of ether oxygens (including phenoxy) is 2. The summed E-state index contributed by atoms with van der Waals surface area (Å²) in [7, 11) is 0. The zero-order valence-corrected chi connectivity index (χ0v) is 17.2. The number of halogens is 1. The fourth-order valence-corrected chi connectivity index (χ4v) is 3.49. The van der Waals surface area contributed by atoms with Crippen LogP contribution in [0.1, 0.15) is 24.5 Å². The Labute approximate surface area is 178 Å². The van der Waals surface area contributed by atoms with Gasteiger partial charge in [0.2, 0.25) is 0 Å². The van der Waals surface area contributed by atoms with E-state index in [1.165, 1.54) is 12.1 Å². The minimum atomic E-state index is -0.865. The van der Waals surface area contributed by atoms with Crippen molar-refractivity contribution < 1.29 is 28.6 Å². The number of aliphatic hydroxyl groups excluding tert-OH is 1. The van der Waals surface area contributed by atoms with Crippen LogP contribution < -0.4 is 14.8 Å². The Bertz CT molecular complexity index is 945. The van der Waals surface area contributed by atoms with E-state index in [0.717, 1.165) is 29.3 Å². The molecule has 0 bridgehead atoms. The molecule has 1 atom stereocenters. The molecule has 8 heteroatoms. The van der Waals surface area contributed by atoms with Crippen molar-refractivity contribution >= 4 is 29.0 Å². The molecule has 3 rings (SSSR count). The fourth-order valence-electron chi connectivity index (χ4n) is 2.81. The van der Waals surface area contributed by atoms with Gasteiger partial charge in [0.25, 0.3) is 11.1 Å². The van der Waals surface area contributed by atoms with Gasteiger partial charge in [0.05, 0.1) is 4.91 Å². The number of aliphatic hydroxyl groups is 1. The molecule has 2 N–H and O–H groups in total. The predicted molar refractivity (Wildman–Crippen MR) is 113 cm³/mol. The summed E-state index contributed by atoms with van der Waals surface area (Å²) in [6, 6.07) is 11.3. The summed E-state index contributed by atoms with van der Waals surface area (Å²) in [4.78, 5) is 23.1. The number of imide groups is 1. The van der Waals surface area contributed by atoms with Gasteiger partial charge in [-0.25, -0.2) is 4.39 Å². The topological polar surface area (TPSA) is 84.9 Å². The predicted octanol–water partition coefficient (Wildman–Crippen LogP) is 3.92. The first-order valence-corrected chi connectivity index (χ1v) is 10.3. The molecule has 1 saturated heterocycles. The minimum absolute atomic E-state index is 0.0207. The lowest BCUT2D eigenvalue weighted by Crippen LogP contribution is -2.25. The van der Waals surface area contributed by atoms with Crippen molar-refractivity contribution in [3.05, 3.63) is 64.3 Å². The van der Waals surface area contributed by atoms with Crippen molar-refractivity contribution in [2.24, 2.45) is 0 Å². The Morgan fingerprint density at radius 1 is 1.13 bits per heavy atom. The summed E-state index contributed by atoms with van der Waals surface area (Å²) in [5.74, 6) is 0.385. The van der Waals surface area contributed by atoms with Gasteiger partial charge in [-0.05, 0) is 65.7 Å². The number of carbonyl (C=O) groups excluding carboxylic acids is 2. The van der Waals surface area contributed by atoms with Crippen molar-refractivity contribution in [2.45, 2.75) is 25.9 Å². The van der Waals surface area contributed by atoms with Crippen LogP contribution in [0.4, 0.5) is 9.18 Å². The quantitative estimate of drug-likeness (QED) is 0.586. The molecule has 1 aliphatic rings. The zero-order valence-electron chi connectivity index (χ0n) is 16.4. The molecule has 0 aromatic heterocycles. The van der Waals surface area contributed by atoms with E-state index in [0.29, 0.717) is 22.8 Å². The first-order chi connectivity index (χ1) is 14.4. The first kappa shape index (κ1) is 21.9. The number of hydrogen-bond donors (Lipinski definition) is 2.